The normalized spacial score (nSPS) is 26.8. The predicted molar refractivity (Wildman–Crippen MR) is 74.4 cm³/mol. The first-order valence-corrected chi connectivity index (χ1v) is 7.75. The number of aliphatic hydroxyl groups is 1. The first kappa shape index (κ1) is 13.0. The average molecular weight is 281 g/mol. The number of thiazole rings is 1. The van der Waals surface area contributed by atoms with Crippen molar-refractivity contribution in [1.29, 1.82) is 0 Å². The molecule has 1 saturated heterocycles. The van der Waals surface area contributed by atoms with Gasteiger partial charge in [-0.25, -0.2) is 4.98 Å². The van der Waals surface area contributed by atoms with Crippen LogP contribution in [0.25, 0.3) is 0 Å². The average Bonchev–Trinajstić information content (AvgIpc) is 2.91. The molecule has 2 aliphatic rings. The molecule has 1 aliphatic carbocycles. The lowest BCUT2D eigenvalue weighted by Gasteiger charge is -2.08. The van der Waals surface area contributed by atoms with Gasteiger partial charge in [0, 0.05) is 11.4 Å². The van der Waals surface area contributed by atoms with Gasteiger partial charge in [0.05, 0.1) is 17.8 Å². The molecule has 6 heteroatoms. The molecular weight excluding hydrogens is 262 g/mol. The van der Waals surface area contributed by atoms with Gasteiger partial charge >= 0.3 is 0 Å². The number of hydrogen-bond acceptors (Lipinski definition) is 5. The van der Waals surface area contributed by atoms with Gasteiger partial charge in [0.2, 0.25) is 5.91 Å². The maximum Gasteiger partial charge on any atom is 0.243 e. The summed E-state index contributed by atoms with van der Waals surface area (Å²) in [5.74, 6) is -0.0829. The topological polar surface area (TPSA) is 74.2 Å². The monoisotopic (exact) mass is 281 g/mol. The Balaban J connectivity index is 1.65. The summed E-state index contributed by atoms with van der Waals surface area (Å²) in [6.45, 7) is 0.493. The van der Waals surface area contributed by atoms with E-state index in [1.807, 2.05) is 0 Å². The molecule has 0 radical (unpaired) electrons. The molecule has 1 aliphatic heterocycles. The van der Waals surface area contributed by atoms with Crippen LogP contribution in [0.5, 0.6) is 0 Å². The van der Waals surface area contributed by atoms with Gasteiger partial charge in [0.25, 0.3) is 0 Å². The van der Waals surface area contributed by atoms with Gasteiger partial charge < -0.3 is 15.7 Å². The summed E-state index contributed by atoms with van der Waals surface area (Å²) >= 11 is 1.60. The summed E-state index contributed by atoms with van der Waals surface area (Å²) in [4.78, 5) is 17.9. The second kappa shape index (κ2) is 5.56. The number of nitrogens with zero attached hydrogens (tertiary/aromatic N) is 1. The number of amides is 1. The molecule has 0 bridgehead atoms. The van der Waals surface area contributed by atoms with Crippen molar-refractivity contribution in [2.45, 2.75) is 50.7 Å². The van der Waals surface area contributed by atoms with E-state index in [0.29, 0.717) is 18.1 Å². The highest BCUT2D eigenvalue weighted by molar-refractivity contribution is 7.15. The lowest BCUT2D eigenvalue weighted by molar-refractivity contribution is -0.117. The van der Waals surface area contributed by atoms with Crippen molar-refractivity contribution in [3.05, 3.63) is 10.6 Å². The maximum absolute atomic E-state index is 12.0. The van der Waals surface area contributed by atoms with Crippen LogP contribution in [0.3, 0.4) is 0 Å². The number of rotatable bonds is 2. The molecule has 3 rings (SSSR count). The van der Waals surface area contributed by atoms with Crippen molar-refractivity contribution in [2.75, 3.05) is 11.9 Å². The molecule has 2 heterocycles. The first-order chi connectivity index (χ1) is 9.22. The smallest absolute Gasteiger partial charge is 0.243 e. The van der Waals surface area contributed by atoms with Gasteiger partial charge in [-0.05, 0) is 32.1 Å². The van der Waals surface area contributed by atoms with Crippen LogP contribution in [-0.4, -0.2) is 34.7 Å². The lowest BCUT2D eigenvalue weighted by atomic mass is 10.2. The Morgan fingerprint density at radius 2 is 2.21 bits per heavy atom. The molecule has 0 saturated carbocycles. The van der Waals surface area contributed by atoms with Crippen LogP contribution in [0.2, 0.25) is 0 Å². The maximum atomic E-state index is 12.0. The fourth-order valence-electron chi connectivity index (χ4n) is 2.69. The summed E-state index contributed by atoms with van der Waals surface area (Å²) in [6, 6.07) is -0.293. The van der Waals surface area contributed by atoms with Crippen LogP contribution in [-0.2, 0) is 17.6 Å². The molecule has 1 fully saturated rings. The highest BCUT2D eigenvalue weighted by Gasteiger charge is 2.28. The predicted octanol–water partition coefficient (Wildman–Crippen LogP) is 1.07. The number of aromatic nitrogens is 1. The SMILES string of the molecule is O=C(Nc1nc2c(s1)CCCCC2)C1CC(O)CN1. The highest BCUT2D eigenvalue weighted by Crippen LogP contribution is 2.29. The van der Waals surface area contributed by atoms with E-state index in [1.54, 1.807) is 11.3 Å². The van der Waals surface area contributed by atoms with Crippen LogP contribution in [0.4, 0.5) is 5.13 Å². The molecule has 1 aromatic rings. The number of carbonyl (C=O) groups is 1. The number of nitrogens with one attached hydrogen (secondary N) is 2. The molecule has 1 amide bonds. The van der Waals surface area contributed by atoms with Crippen molar-refractivity contribution >= 4 is 22.4 Å². The second-order valence-electron chi connectivity index (χ2n) is 5.29. The summed E-state index contributed by atoms with van der Waals surface area (Å²) in [6.07, 6.45) is 5.87. The van der Waals surface area contributed by atoms with Crippen molar-refractivity contribution in [3.8, 4) is 0 Å². The third kappa shape index (κ3) is 2.96. The minimum Gasteiger partial charge on any atom is -0.392 e. The summed E-state index contributed by atoms with van der Waals surface area (Å²) in [5.41, 5.74) is 1.16. The molecule has 104 valence electrons. The number of aryl methyl sites for hydroxylation is 2. The number of fused-ring (bicyclic) bond motifs is 1. The van der Waals surface area contributed by atoms with Gasteiger partial charge in [0.15, 0.2) is 5.13 Å². The van der Waals surface area contributed by atoms with Gasteiger partial charge in [-0.3, -0.25) is 4.79 Å². The standard InChI is InChI=1S/C13H19N3O2S/c17-8-6-10(14-7-8)12(18)16-13-15-9-4-2-1-3-5-11(9)19-13/h8,10,14,17H,1-7H2,(H,15,16,18). The molecule has 2 unspecified atom stereocenters. The van der Waals surface area contributed by atoms with Crippen LogP contribution in [0.1, 0.15) is 36.3 Å². The van der Waals surface area contributed by atoms with Crippen LogP contribution >= 0.6 is 11.3 Å². The fraction of sp³-hybridized carbons (Fsp3) is 0.692. The summed E-state index contributed by atoms with van der Waals surface area (Å²) in [5, 5.41) is 16.0. The van der Waals surface area contributed by atoms with Crippen LogP contribution < -0.4 is 10.6 Å². The van der Waals surface area contributed by atoms with Crippen molar-refractivity contribution in [3.63, 3.8) is 0 Å². The first-order valence-electron chi connectivity index (χ1n) is 6.93. The minimum absolute atomic E-state index is 0.0829. The van der Waals surface area contributed by atoms with E-state index in [4.69, 9.17) is 0 Å². The molecule has 0 spiro atoms. The van der Waals surface area contributed by atoms with E-state index in [1.165, 1.54) is 24.1 Å². The Morgan fingerprint density at radius 1 is 1.37 bits per heavy atom. The Hall–Kier alpha value is -0.980. The number of aliphatic hydroxyl groups excluding tert-OH is 1. The Kier molecular flexibility index (Phi) is 3.81. The fourth-order valence-corrected chi connectivity index (χ4v) is 3.74. The zero-order chi connectivity index (χ0) is 13.2. The molecule has 1 aromatic heterocycles. The Labute approximate surface area is 116 Å². The molecule has 19 heavy (non-hydrogen) atoms. The Morgan fingerprint density at radius 3 is 3.00 bits per heavy atom. The number of anilines is 1. The summed E-state index contributed by atoms with van der Waals surface area (Å²) in [7, 11) is 0. The second-order valence-corrected chi connectivity index (χ2v) is 6.37. The van der Waals surface area contributed by atoms with Gasteiger partial charge in [-0.15, -0.1) is 11.3 Å². The lowest BCUT2D eigenvalue weighted by Crippen LogP contribution is -2.35. The minimum atomic E-state index is -0.413. The third-order valence-electron chi connectivity index (χ3n) is 3.75. The van der Waals surface area contributed by atoms with E-state index in [9.17, 15) is 9.90 Å². The van der Waals surface area contributed by atoms with Crippen molar-refractivity contribution in [1.82, 2.24) is 10.3 Å². The van der Waals surface area contributed by atoms with Gasteiger partial charge in [-0.2, -0.15) is 0 Å². The molecular formula is C13H19N3O2S. The van der Waals surface area contributed by atoms with Crippen LogP contribution in [0.15, 0.2) is 0 Å². The number of hydrogen-bond donors (Lipinski definition) is 3. The highest BCUT2D eigenvalue weighted by atomic mass is 32.1. The molecule has 2 atom stereocenters. The quantitative estimate of drug-likeness (QED) is 0.709. The Bertz CT molecular complexity index is 451. The van der Waals surface area contributed by atoms with E-state index >= 15 is 0 Å². The number of carbonyl (C=O) groups excluding carboxylic acids is 1. The van der Waals surface area contributed by atoms with E-state index < -0.39 is 6.10 Å². The van der Waals surface area contributed by atoms with Crippen molar-refractivity contribution in [2.24, 2.45) is 0 Å². The molecule has 5 nitrogen and oxygen atoms in total. The zero-order valence-electron chi connectivity index (χ0n) is 10.8. The van der Waals surface area contributed by atoms with Crippen molar-refractivity contribution < 1.29 is 9.90 Å². The zero-order valence-corrected chi connectivity index (χ0v) is 11.6. The van der Waals surface area contributed by atoms with E-state index in [0.717, 1.165) is 18.5 Å². The molecule has 0 aromatic carbocycles. The van der Waals surface area contributed by atoms with E-state index in [2.05, 4.69) is 15.6 Å². The van der Waals surface area contributed by atoms with E-state index in [-0.39, 0.29) is 11.9 Å². The molecule has 3 N–H and O–H groups in total. The summed E-state index contributed by atoms with van der Waals surface area (Å²) < 4.78 is 0. The van der Waals surface area contributed by atoms with Gasteiger partial charge in [-0.1, -0.05) is 6.42 Å². The third-order valence-corrected chi connectivity index (χ3v) is 4.82. The van der Waals surface area contributed by atoms with Gasteiger partial charge in [0.1, 0.15) is 0 Å². The largest absolute Gasteiger partial charge is 0.392 e. The number of β-amino-alcohol motifs (C(OH)–C–C–N with tert-alkyl or cyclic N) is 1. The van der Waals surface area contributed by atoms with Crippen LogP contribution in [0, 0.1) is 0 Å².